The Morgan fingerprint density at radius 1 is 0.485 bits per heavy atom. The molecule has 3 aliphatic heterocycles. The van der Waals surface area contributed by atoms with Crippen LogP contribution in [0.1, 0.15) is 140 Å². The SMILES string of the molecule is CCCC[C@H]1C(=O)N(C)[C@@H](CCCC)C(=O)N[C@@H](CCC(=O)O)C(=O)N[C@H](C(=O)NCC(N)=O)CSCC(=O)N[C@@H](Cc2ccc(O)cc2)C(=O)N(C)[C@@H](C)C(=O)N[C@@H](CC(N)=O)C(=O)N2CCC[C@H]2C(=O)N[C@@H](CN)C(=O)N[C@@H](CCC(=O)O)C(=O)N2C[C@H](O)C[C@H]2C(=O)N[C@@H](Cc2c[nH]c3ccccc23)C(=O)N[C@@H](CCC(=O)O)C(=O)N[C@@H](Cc2c[nH]c3ccccc23)C(=O)N1C. The van der Waals surface area contributed by atoms with E-state index >= 15 is 33.6 Å². The summed E-state index contributed by atoms with van der Waals surface area (Å²) in [6.45, 7) is 2.44. The molecule has 23 N–H and O–H groups in total. The number of nitrogens with zero attached hydrogens (tertiary/aromatic N) is 5. The number of aromatic amines is 2. The largest absolute Gasteiger partial charge is 0.508 e. The first-order chi connectivity index (χ1) is 63.6. The van der Waals surface area contributed by atoms with Crippen molar-refractivity contribution >= 4 is 152 Å². The van der Waals surface area contributed by atoms with Crippen molar-refractivity contribution in [2.75, 3.05) is 58.8 Å². The summed E-state index contributed by atoms with van der Waals surface area (Å²) < 4.78 is 0. The number of hydrogen-bond donors (Lipinski definition) is 20. The summed E-state index contributed by atoms with van der Waals surface area (Å²) in [4.78, 5) is 296. The van der Waals surface area contributed by atoms with E-state index in [1.54, 1.807) is 68.6 Å². The zero-order chi connectivity index (χ0) is 98.5. The van der Waals surface area contributed by atoms with Gasteiger partial charge in [-0.05, 0) is 92.8 Å². The maximum Gasteiger partial charge on any atom is 0.303 e. The number of rotatable bonds is 27. The number of thioether (sulfide) groups is 1. The summed E-state index contributed by atoms with van der Waals surface area (Å²) in [7, 11) is 3.69. The molecule has 3 aliphatic rings. The van der Waals surface area contributed by atoms with Crippen molar-refractivity contribution in [2.45, 2.75) is 233 Å². The van der Waals surface area contributed by atoms with Crippen LogP contribution in [0.5, 0.6) is 5.75 Å². The van der Waals surface area contributed by atoms with Gasteiger partial charge in [-0.25, -0.2) is 0 Å². The molecule has 0 unspecified atom stereocenters. The highest BCUT2D eigenvalue weighted by atomic mass is 32.2. The normalized spacial score (nSPS) is 24.8. The molecule has 0 radical (unpaired) electrons. The Balaban J connectivity index is 1.21. The van der Waals surface area contributed by atoms with Gasteiger partial charge >= 0.3 is 17.9 Å². The number of hydrogen-bond acceptors (Lipinski definition) is 24. The number of H-pyrrole nitrogens is 2. The second-order valence-corrected chi connectivity index (χ2v) is 34.5. The molecule has 17 amide bonds. The molecule has 2 aromatic heterocycles. The molecule has 0 spiro atoms. The van der Waals surface area contributed by atoms with Crippen LogP contribution in [0.25, 0.3) is 21.8 Å². The summed E-state index contributed by atoms with van der Waals surface area (Å²) in [6, 6.07) is -4.69. The van der Waals surface area contributed by atoms with E-state index in [4.69, 9.17) is 17.2 Å². The Hall–Kier alpha value is -13.8. The van der Waals surface area contributed by atoms with Gasteiger partial charge in [0, 0.05) is 126 Å². The molecular formula is C88H120N20O25S. The number of phenols is 1. The molecule has 5 heterocycles. The molecule has 3 saturated heterocycles. The molecule has 0 saturated carbocycles. The number of carboxylic acids is 3. The number of nitrogens with one attached hydrogen (secondary N) is 12. The number of primary amides is 2. The number of aliphatic hydroxyl groups is 1. The Labute approximate surface area is 774 Å². The molecule has 3 aromatic carbocycles. The first-order valence-corrected chi connectivity index (χ1v) is 45.3. The maximum atomic E-state index is 15.8. The van der Waals surface area contributed by atoms with Gasteiger partial charge in [-0.15, -0.1) is 11.8 Å². The van der Waals surface area contributed by atoms with Gasteiger partial charge in [0.05, 0.1) is 24.8 Å². The molecule has 134 heavy (non-hydrogen) atoms. The van der Waals surface area contributed by atoms with Crippen molar-refractivity contribution in [3.8, 4) is 5.75 Å². The number of aliphatic hydroxyl groups excluding tert-OH is 1. The number of phenolic OH excluding ortho intramolecular Hbond substituents is 1. The highest BCUT2D eigenvalue weighted by Gasteiger charge is 2.47. The number of carboxylic acid groups (broad SMARTS) is 3. The minimum Gasteiger partial charge on any atom is -0.508 e. The van der Waals surface area contributed by atoms with Gasteiger partial charge < -0.3 is 130 Å². The highest BCUT2D eigenvalue weighted by Crippen LogP contribution is 2.28. The van der Waals surface area contributed by atoms with Crippen molar-refractivity contribution in [3.63, 3.8) is 0 Å². The van der Waals surface area contributed by atoms with E-state index in [0.717, 1.165) is 31.5 Å². The molecule has 0 bridgehead atoms. The standard InChI is InChI=1S/C88H120N20O25S/c1-7-9-20-65-81(126)97-57(28-31-73(116)117)78(123)103-64(76(121)94-42-70(91)112)44-134-45-71(113)95-60(34-47-23-25-50(109)26-24-47)84(129)104(4)46(3)75(120)100-62(38-69(90)111)87(132)107-33-15-22-66(107)82(127)102-63(39-89)80(125)98-58(29-32-74(118)119)86(131)108-43-51(110)37-68(108)83(128)99-59(35-48-40-92-54-18-13-11-16-52(48)54)79(124)96-56(27-30-72(114)115)77(122)101-61(36-49-41-93-55-19-14-12-17-53(49)55)85(130)106(6)67(21-10-8-2)88(133)105(65)5/h11-14,16-19,23-26,40-41,46,51,56-68,92-93,109-110H,7-10,15,20-22,27-39,42-45,89H2,1-6H3,(H2,90,111)(H2,91,112)(H,94,121)(H,95,113)(H,96,124)(H,97,126)(H,98,125)(H,99,128)(H,100,120)(H,101,122)(H,102,127)(H,103,123)(H,114,115)(H,116,117)(H,118,119)/t46-,51+,56-,57-,58-,59-,60-,61-,62-,63-,64-,65-,66-,67-,68-/m0/s1. The fourth-order valence-corrected chi connectivity index (χ4v) is 17.0. The molecule has 45 nitrogen and oxygen atoms in total. The number of benzene rings is 3. The lowest BCUT2D eigenvalue weighted by molar-refractivity contribution is -0.149. The van der Waals surface area contributed by atoms with Gasteiger partial charge in [-0.2, -0.15) is 0 Å². The third-order valence-electron chi connectivity index (χ3n) is 23.6. The molecule has 5 aromatic rings. The van der Waals surface area contributed by atoms with Gasteiger partial charge in [-0.3, -0.25) is 95.9 Å². The summed E-state index contributed by atoms with van der Waals surface area (Å²) in [5, 5.41) is 77.9. The van der Waals surface area contributed by atoms with Crippen LogP contribution in [0.4, 0.5) is 0 Å². The first-order valence-electron chi connectivity index (χ1n) is 44.1. The van der Waals surface area contributed by atoms with Crippen LogP contribution in [0.2, 0.25) is 0 Å². The number of carbonyl (C=O) groups is 20. The minimum absolute atomic E-state index is 0.0908. The van der Waals surface area contributed by atoms with Crippen molar-refractivity contribution in [3.05, 3.63) is 102 Å². The van der Waals surface area contributed by atoms with Crippen LogP contribution >= 0.6 is 11.8 Å². The fourth-order valence-electron chi connectivity index (χ4n) is 16.1. The molecule has 15 atom stereocenters. The van der Waals surface area contributed by atoms with Gasteiger partial charge in [0.15, 0.2) is 0 Å². The minimum atomic E-state index is -1.89. The Morgan fingerprint density at radius 3 is 1.52 bits per heavy atom. The van der Waals surface area contributed by atoms with E-state index in [-0.39, 0.29) is 63.7 Å². The summed E-state index contributed by atoms with van der Waals surface area (Å²) in [5.41, 5.74) is 19.5. The summed E-state index contributed by atoms with van der Waals surface area (Å²) in [6.07, 6.45) is -4.20. The zero-order valence-electron chi connectivity index (χ0n) is 75.2. The van der Waals surface area contributed by atoms with E-state index in [2.05, 4.69) is 63.1 Å². The number of aromatic hydroxyl groups is 1. The van der Waals surface area contributed by atoms with Crippen LogP contribution in [-0.4, -0.2) is 328 Å². The van der Waals surface area contributed by atoms with Gasteiger partial charge in [-0.1, -0.05) is 88.1 Å². The number of aliphatic carboxylic acids is 3. The monoisotopic (exact) mass is 1890 g/mol. The number of carbonyl (C=O) groups excluding carboxylic acids is 17. The van der Waals surface area contributed by atoms with Crippen LogP contribution in [-0.2, 0) is 115 Å². The average molecular weight is 1890 g/mol. The van der Waals surface area contributed by atoms with E-state index in [9.17, 15) is 87.9 Å². The average Bonchev–Trinajstić information content (AvgIpc) is 1.55. The van der Waals surface area contributed by atoms with Crippen molar-refractivity contribution in [2.24, 2.45) is 17.2 Å². The number of unbranched alkanes of at least 4 members (excludes halogenated alkanes) is 2. The Morgan fingerprint density at radius 2 is 0.955 bits per heavy atom. The van der Waals surface area contributed by atoms with Gasteiger partial charge in [0.2, 0.25) is 100 Å². The Bertz CT molecular complexity index is 5130. The van der Waals surface area contributed by atoms with Crippen molar-refractivity contribution < 1.29 is 121 Å². The van der Waals surface area contributed by atoms with Crippen molar-refractivity contribution in [1.82, 2.24) is 87.6 Å². The lowest BCUT2D eigenvalue weighted by Gasteiger charge is -2.36. The number of amides is 17. The van der Waals surface area contributed by atoms with Crippen LogP contribution in [0.15, 0.2) is 85.2 Å². The summed E-state index contributed by atoms with van der Waals surface area (Å²) in [5.74, 6) is -23.8. The number of fused-ring (bicyclic) bond motifs is 4. The third kappa shape index (κ3) is 29.6. The van der Waals surface area contributed by atoms with Crippen LogP contribution in [0.3, 0.4) is 0 Å². The quantitative estimate of drug-likeness (QED) is 0.0241. The number of likely N-dealkylation sites (N-methyl/N-ethyl adjacent to an activating group) is 3. The van der Waals surface area contributed by atoms with Crippen LogP contribution in [0, 0.1) is 0 Å². The lowest BCUT2D eigenvalue weighted by atomic mass is 9.99. The van der Waals surface area contributed by atoms with E-state index in [0.29, 0.717) is 63.1 Å². The third-order valence-corrected chi connectivity index (χ3v) is 24.7. The lowest BCUT2D eigenvalue weighted by Crippen LogP contribution is -2.61. The molecule has 46 heteroatoms. The molecule has 3 fully saturated rings. The molecule has 0 aliphatic carbocycles. The predicted octanol–water partition coefficient (Wildman–Crippen LogP) is -3.64. The second-order valence-electron chi connectivity index (χ2n) is 33.4. The fraction of sp³-hybridized carbons (Fsp3) is 0.523. The topological polar surface area (TPSA) is 689 Å². The summed E-state index contributed by atoms with van der Waals surface area (Å²) >= 11 is 0.682. The van der Waals surface area contributed by atoms with Crippen LogP contribution < -0.4 is 70.4 Å². The maximum absolute atomic E-state index is 15.8. The molecule has 728 valence electrons. The molecular weight excluding hydrogens is 1770 g/mol. The molecule has 8 rings (SSSR count). The predicted molar refractivity (Wildman–Crippen MR) is 481 cm³/mol. The first kappa shape index (κ1) is 106. The number of aromatic nitrogens is 2. The Kier molecular flexibility index (Phi) is 39.5. The highest BCUT2D eigenvalue weighted by molar-refractivity contribution is 8.00. The van der Waals surface area contributed by atoms with E-state index in [1.807, 2.05) is 0 Å². The number of para-hydroxylation sites is 2. The zero-order valence-corrected chi connectivity index (χ0v) is 76.0. The van der Waals surface area contributed by atoms with Crippen molar-refractivity contribution in [1.29, 1.82) is 0 Å². The smallest absolute Gasteiger partial charge is 0.303 e. The van der Waals surface area contributed by atoms with Gasteiger partial charge in [0.1, 0.15) is 90.3 Å². The van der Waals surface area contributed by atoms with E-state index < -0.39 is 298 Å². The number of nitrogens with two attached hydrogens (primary N) is 3. The van der Waals surface area contributed by atoms with E-state index in [1.165, 1.54) is 51.5 Å². The second kappa shape index (κ2) is 50.2. The van der Waals surface area contributed by atoms with Gasteiger partial charge in [0.25, 0.3) is 0 Å².